The van der Waals surface area contributed by atoms with Crippen LogP contribution in [0.25, 0.3) is 6.08 Å². The van der Waals surface area contributed by atoms with Gasteiger partial charge in [0.2, 0.25) is 5.78 Å². The van der Waals surface area contributed by atoms with Crippen LogP contribution < -0.4 is 14.6 Å². The number of benzene rings is 2. The van der Waals surface area contributed by atoms with E-state index in [9.17, 15) is 25.3 Å². The minimum Gasteiger partial charge on any atom is -0.865 e. The molecule has 0 bridgehead atoms. The number of nitrogens with zero attached hydrogens (tertiary/aromatic N) is 2. The number of ether oxygens (including phenoxy) is 2. The Bertz CT molecular complexity index is 943. The lowest BCUT2D eigenvalue weighted by molar-refractivity contribution is -0.398. The van der Waals surface area contributed by atoms with Crippen LogP contribution in [0.3, 0.4) is 0 Å². The van der Waals surface area contributed by atoms with E-state index in [4.69, 9.17) is 9.47 Å². The van der Waals surface area contributed by atoms with E-state index in [1.807, 2.05) is 0 Å². The maximum atomic E-state index is 12.6. The summed E-state index contributed by atoms with van der Waals surface area (Å²) in [6.07, 6.45) is 1.16. The van der Waals surface area contributed by atoms with Crippen molar-refractivity contribution in [3.8, 4) is 23.3 Å². The molecule has 0 saturated carbocycles. The second kappa shape index (κ2) is 7.81. The van der Waals surface area contributed by atoms with Gasteiger partial charge in [-0.2, -0.15) is 5.26 Å². The standard InChI is InChI=1S/C18H14N2O6/c1-25-15-6-4-3-5-13(15)17(21)12(10-19)7-11-8-14(20(23)24)18(22)16(9-11)26-2/h3-9,22H,1-2H3/p-1/b12-7+. The highest BCUT2D eigenvalue weighted by molar-refractivity contribution is 6.15. The highest BCUT2D eigenvalue weighted by Gasteiger charge is 2.18. The van der Waals surface area contributed by atoms with E-state index >= 15 is 0 Å². The van der Waals surface area contributed by atoms with Gasteiger partial charge in [-0.05, 0) is 29.8 Å². The molecule has 0 aliphatic carbocycles. The summed E-state index contributed by atoms with van der Waals surface area (Å²) in [6.45, 7) is 0. The van der Waals surface area contributed by atoms with E-state index in [0.717, 1.165) is 12.1 Å². The van der Waals surface area contributed by atoms with Crippen LogP contribution >= 0.6 is 0 Å². The summed E-state index contributed by atoms with van der Waals surface area (Å²) in [5, 5.41) is 32.2. The van der Waals surface area contributed by atoms with Gasteiger partial charge in [-0.1, -0.05) is 12.1 Å². The second-order valence-corrected chi connectivity index (χ2v) is 5.03. The number of para-hydroxylation sites is 1. The highest BCUT2D eigenvalue weighted by atomic mass is 16.6. The molecule has 132 valence electrons. The maximum Gasteiger partial charge on any atom is 0.266 e. The minimum atomic E-state index is -0.885. The lowest BCUT2D eigenvalue weighted by Gasteiger charge is -2.13. The Balaban J connectivity index is 2.56. The molecule has 0 radical (unpaired) electrons. The number of carbonyl (C=O) groups is 1. The number of hydrogen-bond acceptors (Lipinski definition) is 7. The summed E-state index contributed by atoms with van der Waals surface area (Å²) in [6, 6.07) is 10.3. The van der Waals surface area contributed by atoms with Gasteiger partial charge in [-0.3, -0.25) is 14.9 Å². The fraction of sp³-hybridized carbons (Fsp3) is 0.111. The number of allylic oxidation sites excluding steroid dienone is 1. The lowest BCUT2D eigenvalue weighted by Crippen LogP contribution is -2.05. The Kier molecular flexibility index (Phi) is 5.55. The van der Waals surface area contributed by atoms with Gasteiger partial charge in [0, 0.05) is 11.8 Å². The second-order valence-electron chi connectivity index (χ2n) is 5.03. The van der Waals surface area contributed by atoms with Gasteiger partial charge in [0.15, 0.2) is 0 Å². The molecule has 0 amide bonds. The third-order valence-corrected chi connectivity index (χ3v) is 3.50. The van der Waals surface area contributed by atoms with Gasteiger partial charge in [-0.15, -0.1) is 0 Å². The molecular weight excluding hydrogens is 340 g/mol. The van der Waals surface area contributed by atoms with Crippen LogP contribution in [0.15, 0.2) is 42.0 Å². The molecule has 2 aromatic rings. The van der Waals surface area contributed by atoms with Gasteiger partial charge in [0.1, 0.15) is 23.1 Å². The number of nitro groups is 1. The number of nitriles is 1. The molecule has 0 fully saturated rings. The topological polar surface area (TPSA) is 126 Å². The van der Waals surface area contributed by atoms with E-state index < -0.39 is 22.1 Å². The summed E-state index contributed by atoms with van der Waals surface area (Å²) in [5.74, 6) is -1.47. The van der Waals surface area contributed by atoms with Crippen molar-refractivity contribution in [2.45, 2.75) is 0 Å². The summed E-state index contributed by atoms with van der Waals surface area (Å²) in [7, 11) is 2.59. The molecule has 2 rings (SSSR count). The Hall–Kier alpha value is -3.86. The first-order chi connectivity index (χ1) is 12.4. The minimum absolute atomic E-state index is 0.118. The molecular formula is C18H13N2O6-. The van der Waals surface area contributed by atoms with Crippen LogP contribution in [0, 0.1) is 21.4 Å². The van der Waals surface area contributed by atoms with Gasteiger partial charge in [0.05, 0.1) is 24.7 Å². The average molecular weight is 353 g/mol. The molecule has 0 aliphatic rings. The monoisotopic (exact) mass is 353 g/mol. The predicted octanol–water partition coefficient (Wildman–Crippen LogP) is 2.48. The van der Waals surface area contributed by atoms with Crippen LogP contribution in [0.2, 0.25) is 0 Å². The Labute approximate surface area is 148 Å². The molecule has 26 heavy (non-hydrogen) atoms. The maximum absolute atomic E-state index is 12.6. The van der Waals surface area contributed by atoms with Crippen LogP contribution in [0.1, 0.15) is 15.9 Å². The summed E-state index contributed by atoms with van der Waals surface area (Å²) in [4.78, 5) is 22.8. The average Bonchev–Trinajstić information content (AvgIpc) is 2.66. The number of ketones is 1. The van der Waals surface area contributed by atoms with E-state index in [0.29, 0.717) is 0 Å². The van der Waals surface area contributed by atoms with Gasteiger partial charge in [0.25, 0.3) is 5.69 Å². The van der Waals surface area contributed by atoms with Crippen molar-refractivity contribution in [1.82, 2.24) is 0 Å². The first-order valence-electron chi connectivity index (χ1n) is 7.25. The number of carbonyl (C=O) groups excluding carboxylic acids is 1. The smallest absolute Gasteiger partial charge is 0.266 e. The molecule has 0 aliphatic heterocycles. The highest BCUT2D eigenvalue weighted by Crippen LogP contribution is 2.35. The van der Waals surface area contributed by atoms with Crippen molar-refractivity contribution in [2.24, 2.45) is 0 Å². The van der Waals surface area contributed by atoms with E-state index in [-0.39, 0.29) is 28.2 Å². The molecule has 0 unspecified atom stereocenters. The quantitative estimate of drug-likeness (QED) is 0.257. The number of methoxy groups -OCH3 is 2. The van der Waals surface area contributed by atoms with E-state index in [1.54, 1.807) is 24.3 Å². The van der Waals surface area contributed by atoms with Crippen molar-refractivity contribution in [2.75, 3.05) is 14.2 Å². The summed E-state index contributed by atoms with van der Waals surface area (Å²) < 4.78 is 9.95. The van der Waals surface area contributed by atoms with Crippen molar-refractivity contribution < 1.29 is 24.3 Å². The van der Waals surface area contributed by atoms with Crippen LogP contribution in [-0.2, 0) is 0 Å². The number of Topliss-reactive ketones (excluding diaryl/α,β-unsaturated/α-hetero) is 1. The molecule has 8 nitrogen and oxygen atoms in total. The van der Waals surface area contributed by atoms with Crippen molar-refractivity contribution >= 4 is 17.5 Å². The normalized spacial score (nSPS) is 10.7. The Morgan fingerprint density at radius 2 is 1.85 bits per heavy atom. The first kappa shape index (κ1) is 18.5. The van der Waals surface area contributed by atoms with Crippen LogP contribution in [0.4, 0.5) is 5.69 Å². The Morgan fingerprint density at radius 1 is 1.19 bits per heavy atom. The molecule has 2 aromatic carbocycles. The molecule has 0 heterocycles. The molecule has 8 heteroatoms. The summed E-state index contributed by atoms with van der Waals surface area (Å²) >= 11 is 0. The van der Waals surface area contributed by atoms with Crippen molar-refractivity contribution in [3.63, 3.8) is 0 Å². The van der Waals surface area contributed by atoms with Crippen LogP contribution in [0.5, 0.6) is 17.2 Å². The van der Waals surface area contributed by atoms with Crippen molar-refractivity contribution in [3.05, 3.63) is 63.2 Å². The lowest BCUT2D eigenvalue weighted by atomic mass is 10.0. The SMILES string of the molecule is COc1ccccc1C(=O)/C(C#N)=C/c1cc(OC)c([O-])c([N+](=O)[O-])c1. The van der Waals surface area contributed by atoms with E-state index in [1.165, 1.54) is 26.4 Å². The number of rotatable bonds is 6. The van der Waals surface area contributed by atoms with Crippen molar-refractivity contribution in [1.29, 1.82) is 5.26 Å². The number of nitro benzene ring substituents is 1. The fourth-order valence-corrected chi connectivity index (χ4v) is 2.27. The molecule has 0 aromatic heterocycles. The largest absolute Gasteiger partial charge is 0.865 e. The predicted molar refractivity (Wildman–Crippen MR) is 90.0 cm³/mol. The fourth-order valence-electron chi connectivity index (χ4n) is 2.27. The van der Waals surface area contributed by atoms with Crippen LogP contribution in [-0.4, -0.2) is 24.9 Å². The van der Waals surface area contributed by atoms with E-state index in [2.05, 4.69) is 0 Å². The van der Waals surface area contributed by atoms with Gasteiger partial charge >= 0.3 is 0 Å². The number of hydrogen-bond donors (Lipinski definition) is 0. The molecule has 0 saturated heterocycles. The zero-order chi connectivity index (χ0) is 19.3. The molecule has 0 spiro atoms. The Morgan fingerprint density at radius 3 is 2.42 bits per heavy atom. The van der Waals surface area contributed by atoms with Gasteiger partial charge in [-0.25, -0.2) is 0 Å². The zero-order valence-corrected chi connectivity index (χ0v) is 13.9. The van der Waals surface area contributed by atoms with Gasteiger partial charge < -0.3 is 14.6 Å². The zero-order valence-electron chi connectivity index (χ0n) is 13.9. The third-order valence-electron chi connectivity index (χ3n) is 3.50. The third kappa shape index (κ3) is 3.62. The first-order valence-corrected chi connectivity index (χ1v) is 7.25. The molecule has 0 atom stereocenters. The molecule has 0 N–H and O–H groups in total. The summed E-state index contributed by atoms with van der Waals surface area (Å²) in [5.41, 5.74) is -0.695.